The van der Waals surface area contributed by atoms with Crippen molar-refractivity contribution in [2.45, 2.75) is 136 Å². The van der Waals surface area contributed by atoms with E-state index >= 15 is 0 Å². The number of unbranched alkanes of at least 4 members (excludes halogenated alkanes) is 10. The van der Waals surface area contributed by atoms with Crippen molar-refractivity contribution in [3.8, 4) is 0 Å². The molecule has 0 bridgehead atoms. The molecule has 1 aliphatic rings. The number of hydrogen-bond donors (Lipinski definition) is 0. The Balaban J connectivity index is 2.48. The molecule has 0 N–H and O–H groups in total. The van der Waals surface area contributed by atoms with Crippen molar-refractivity contribution in [1.29, 1.82) is 0 Å². The van der Waals surface area contributed by atoms with Crippen LogP contribution in [0.25, 0.3) is 0 Å². The minimum Gasteiger partial charge on any atom is -0.466 e. The fraction of sp³-hybridized carbons (Fsp3) is 0.871. The Hall–Kier alpha value is -2.32. The first-order chi connectivity index (χ1) is 19.4. The van der Waals surface area contributed by atoms with Gasteiger partial charge in [0.05, 0.1) is 25.9 Å². The maximum Gasteiger partial charge on any atom is 0.410 e. The lowest BCUT2D eigenvalue weighted by atomic mass is 9.97. The molecule has 0 radical (unpaired) electrons. The van der Waals surface area contributed by atoms with Crippen LogP contribution in [0.1, 0.15) is 130 Å². The van der Waals surface area contributed by atoms with Crippen LogP contribution in [-0.2, 0) is 33.3 Å². The Morgan fingerprint density at radius 1 is 0.600 bits per heavy atom. The van der Waals surface area contributed by atoms with Crippen LogP contribution in [0.4, 0.5) is 4.79 Å². The maximum absolute atomic E-state index is 12.6. The van der Waals surface area contributed by atoms with Gasteiger partial charge in [-0.25, -0.2) is 4.79 Å². The minimum atomic E-state index is -0.561. The largest absolute Gasteiger partial charge is 0.466 e. The van der Waals surface area contributed by atoms with E-state index in [0.29, 0.717) is 26.4 Å². The first kappa shape index (κ1) is 35.7. The molecule has 0 spiro atoms. The molecule has 1 rings (SSSR count). The second kappa shape index (κ2) is 23.4. The van der Waals surface area contributed by atoms with Gasteiger partial charge in [-0.15, -0.1) is 0 Å². The highest BCUT2D eigenvalue weighted by atomic mass is 16.6. The molecule has 9 nitrogen and oxygen atoms in total. The van der Waals surface area contributed by atoms with Crippen LogP contribution in [0.5, 0.6) is 0 Å². The number of amides is 1. The second-order valence-corrected chi connectivity index (χ2v) is 10.9. The molecule has 9 heteroatoms. The molecule has 232 valence electrons. The summed E-state index contributed by atoms with van der Waals surface area (Å²) in [6, 6.07) is -0.212. The normalized spacial score (nSPS) is 14.5. The van der Waals surface area contributed by atoms with Crippen LogP contribution in [0.2, 0.25) is 0 Å². The number of carbonyl (C=O) groups excluding carboxylic acids is 4. The van der Waals surface area contributed by atoms with Gasteiger partial charge in [0.2, 0.25) is 0 Å². The number of esters is 3. The van der Waals surface area contributed by atoms with Gasteiger partial charge in [-0.2, -0.15) is 0 Å². The van der Waals surface area contributed by atoms with E-state index < -0.39 is 29.9 Å². The van der Waals surface area contributed by atoms with E-state index in [4.69, 9.17) is 18.9 Å². The summed E-state index contributed by atoms with van der Waals surface area (Å²) in [5.74, 6) is -1.90. The predicted octanol–water partition coefficient (Wildman–Crippen LogP) is 6.74. The summed E-state index contributed by atoms with van der Waals surface area (Å²) in [6.45, 7) is 7.95. The molecule has 1 saturated heterocycles. The van der Waals surface area contributed by atoms with Gasteiger partial charge in [0.1, 0.15) is 6.61 Å². The zero-order valence-electron chi connectivity index (χ0n) is 25.4. The van der Waals surface area contributed by atoms with E-state index in [-0.39, 0.29) is 31.9 Å². The molecule has 0 aromatic heterocycles. The SMILES string of the molecule is CCCCCCCCOC(=O)CC(CC(=O)OCCCCCCCC)CC(=O)OCC1CCN1C(=O)OCCC. The van der Waals surface area contributed by atoms with Crippen molar-refractivity contribution in [1.82, 2.24) is 4.90 Å². The lowest BCUT2D eigenvalue weighted by Gasteiger charge is -2.39. The van der Waals surface area contributed by atoms with Gasteiger partial charge in [-0.05, 0) is 31.6 Å². The molecular weight excluding hydrogens is 514 g/mol. The molecule has 0 aromatic rings. The van der Waals surface area contributed by atoms with E-state index in [1.54, 1.807) is 4.90 Å². The zero-order chi connectivity index (χ0) is 29.4. The lowest BCUT2D eigenvalue weighted by Crippen LogP contribution is -2.53. The van der Waals surface area contributed by atoms with Crippen LogP contribution in [0.3, 0.4) is 0 Å². The molecule has 0 aromatic carbocycles. The van der Waals surface area contributed by atoms with Crippen LogP contribution in [0, 0.1) is 5.92 Å². The van der Waals surface area contributed by atoms with Crippen LogP contribution in [-0.4, -0.2) is 67.9 Å². The number of hydrogen-bond acceptors (Lipinski definition) is 8. The van der Waals surface area contributed by atoms with E-state index in [1.807, 2.05) is 6.92 Å². The van der Waals surface area contributed by atoms with E-state index in [0.717, 1.165) is 51.4 Å². The Kier molecular flexibility index (Phi) is 20.9. The highest BCUT2D eigenvalue weighted by Gasteiger charge is 2.34. The summed E-state index contributed by atoms with van der Waals surface area (Å²) < 4.78 is 21.3. The summed E-state index contributed by atoms with van der Waals surface area (Å²) >= 11 is 0. The van der Waals surface area contributed by atoms with Gasteiger partial charge in [-0.1, -0.05) is 85.0 Å². The van der Waals surface area contributed by atoms with Crippen molar-refractivity contribution < 1.29 is 38.1 Å². The summed E-state index contributed by atoms with van der Waals surface area (Å²) in [5, 5.41) is 0. The van der Waals surface area contributed by atoms with Gasteiger partial charge in [-0.3, -0.25) is 14.4 Å². The third-order valence-corrected chi connectivity index (χ3v) is 7.13. The molecule has 1 fully saturated rings. The Bertz CT molecular complexity index is 681. The molecule has 1 heterocycles. The zero-order valence-corrected chi connectivity index (χ0v) is 25.4. The minimum absolute atomic E-state index is 0.0457. The molecular formula is C31H55NO8. The standard InChI is InChI=1S/C31H55NO8/c1-4-7-9-11-13-15-20-37-28(33)22-26(23-29(34)38-21-16-14-12-10-8-5-2)24-30(35)40-25-27-17-18-32(27)31(36)39-19-6-3/h26-27H,4-25H2,1-3H3. The Labute approximate surface area is 242 Å². The third-order valence-electron chi connectivity index (χ3n) is 7.13. The Morgan fingerprint density at radius 2 is 1.07 bits per heavy atom. The van der Waals surface area contributed by atoms with Crippen molar-refractivity contribution in [3.05, 3.63) is 0 Å². The average molecular weight is 570 g/mol. The second-order valence-electron chi connectivity index (χ2n) is 10.9. The molecule has 1 amide bonds. The fourth-order valence-corrected chi connectivity index (χ4v) is 4.55. The predicted molar refractivity (Wildman–Crippen MR) is 154 cm³/mol. The molecule has 0 aliphatic carbocycles. The first-order valence-electron chi connectivity index (χ1n) is 15.8. The van der Waals surface area contributed by atoms with Crippen molar-refractivity contribution >= 4 is 24.0 Å². The topological polar surface area (TPSA) is 108 Å². The van der Waals surface area contributed by atoms with Crippen molar-refractivity contribution in [2.75, 3.05) is 33.0 Å². The van der Waals surface area contributed by atoms with E-state index in [9.17, 15) is 19.2 Å². The van der Waals surface area contributed by atoms with Crippen molar-refractivity contribution in [3.63, 3.8) is 0 Å². The number of rotatable bonds is 24. The van der Waals surface area contributed by atoms with Gasteiger partial charge in [0.15, 0.2) is 0 Å². The number of nitrogens with zero attached hydrogens (tertiary/aromatic N) is 1. The summed E-state index contributed by atoms with van der Waals surface area (Å²) in [6.07, 6.45) is 14.0. The number of carbonyl (C=O) groups is 4. The van der Waals surface area contributed by atoms with Gasteiger partial charge in [0.25, 0.3) is 0 Å². The quantitative estimate of drug-likeness (QED) is 0.0714. The third kappa shape index (κ3) is 17.4. The highest BCUT2D eigenvalue weighted by molar-refractivity contribution is 5.76. The molecule has 40 heavy (non-hydrogen) atoms. The van der Waals surface area contributed by atoms with Crippen LogP contribution < -0.4 is 0 Å². The molecule has 1 unspecified atom stereocenters. The van der Waals surface area contributed by atoms with Gasteiger partial charge < -0.3 is 23.8 Å². The maximum atomic E-state index is 12.6. The van der Waals surface area contributed by atoms with Crippen LogP contribution >= 0.6 is 0 Å². The summed E-state index contributed by atoms with van der Waals surface area (Å²) in [4.78, 5) is 51.2. The van der Waals surface area contributed by atoms with E-state index in [2.05, 4.69) is 13.8 Å². The number of ether oxygens (including phenoxy) is 4. The average Bonchev–Trinajstić information content (AvgIpc) is 2.90. The number of likely N-dealkylation sites (tertiary alicyclic amines) is 1. The fourth-order valence-electron chi connectivity index (χ4n) is 4.55. The lowest BCUT2D eigenvalue weighted by molar-refractivity contribution is -0.151. The van der Waals surface area contributed by atoms with Crippen LogP contribution in [0.15, 0.2) is 0 Å². The molecule has 1 aliphatic heterocycles. The highest BCUT2D eigenvalue weighted by Crippen LogP contribution is 2.21. The van der Waals surface area contributed by atoms with E-state index in [1.165, 1.54) is 38.5 Å². The molecule has 1 atom stereocenters. The molecule has 0 saturated carbocycles. The van der Waals surface area contributed by atoms with Gasteiger partial charge in [0, 0.05) is 25.8 Å². The first-order valence-corrected chi connectivity index (χ1v) is 15.8. The van der Waals surface area contributed by atoms with Gasteiger partial charge >= 0.3 is 24.0 Å². The Morgan fingerprint density at radius 3 is 1.52 bits per heavy atom. The summed E-state index contributed by atoms with van der Waals surface area (Å²) in [5.41, 5.74) is 0. The summed E-state index contributed by atoms with van der Waals surface area (Å²) in [7, 11) is 0. The smallest absolute Gasteiger partial charge is 0.410 e. The monoisotopic (exact) mass is 569 g/mol. The van der Waals surface area contributed by atoms with Crippen molar-refractivity contribution in [2.24, 2.45) is 5.92 Å².